The Bertz CT molecular complexity index is 751. The Labute approximate surface area is 152 Å². The average Bonchev–Trinajstić information content (AvgIpc) is 2.63. The van der Waals surface area contributed by atoms with Crippen LogP contribution in [0.1, 0.15) is 39.5 Å². The number of rotatable bonds is 11. The number of hydrogen-bond acceptors (Lipinski definition) is 3. The van der Waals surface area contributed by atoms with Gasteiger partial charge in [0, 0.05) is 13.1 Å². The van der Waals surface area contributed by atoms with E-state index in [1.54, 1.807) is 12.1 Å². The number of nitrogens with one attached hydrogen (secondary N) is 1. The average molecular weight is 363 g/mol. The maximum atomic E-state index is 12.6. The summed E-state index contributed by atoms with van der Waals surface area (Å²) in [4.78, 5) is 2.69. The minimum absolute atomic E-state index is 0.333. The lowest BCUT2D eigenvalue weighted by atomic mass is 10.1. The van der Waals surface area contributed by atoms with E-state index < -0.39 is 10.0 Å². The van der Waals surface area contributed by atoms with Crippen LogP contribution >= 0.6 is 0 Å². The zero-order valence-corrected chi connectivity index (χ0v) is 16.2. The zero-order valence-electron chi connectivity index (χ0n) is 15.4. The van der Waals surface area contributed by atoms with Gasteiger partial charge in [0.25, 0.3) is 0 Å². The van der Waals surface area contributed by atoms with E-state index in [4.69, 9.17) is 0 Å². The fraction of sp³-hybridized carbons (Fsp3) is 0.500. The molecular formula is C20H30N2O2S. The van der Waals surface area contributed by atoms with Crippen molar-refractivity contribution in [3.8, 4) is 0 Å². The summed E-state index contributed by atoms with van der Waals surface area (Å²) in [7, 11) is -3.47. The molecule has 0 bridgehead atoms. The van der Waals surface area contributed by atoms with Crippen LogP contribution in [0.25, 0.3) is 10.8 Å². The molecule has 0 fully saturated rings. The predicted molar refractivity (Wildman–Crippen MR) is 105 cm³/mol. The topological polar surface area (TPSA) is 49.4 Å². The molecule has 25 heavy (non-hydrogen) atoms. The summed E-state index contributed by atoms with van der Waals surface area (Å²) in [5.74, 6) is 0. The number of benzene rings is 2. The second-order valence-corrected chi connectivity index (χ2v) is 8.22. The molecule has 0 aliphatic rings. The van der Waals surface area contributed by atoms with Gasteiger partial charge in [-0.15, -0.1) is 0 Å². The van der Waals surface area contributed by atoms with Crippen molar-refractivity contribution in [2.45, 2.75) is 44.4 Å². The fourth-order valence-electron chi connectivity index (χ4n) is 2.85. The summed E-state index contributed by atoms with van der Waals surface area (Å²) < 4.78 is 27.9. The van der Waals surface area contributed by atoms with Gasteiger partial charge < -0.3 is 4.90 Å². The highest BCUT2D eigenvalue weighted by Gasteiger charge is 2.14. The highest BCUT2D eigenvalue weighted by atomic mass is 32.2. The van der Waals surface area contributed by atoms with E-state index in [2.05, 4.69) is 23.5 Å². The number of nitrogens with zero attached hydrogens (tertiary/aromatic N) is 1. The standard InChI is InChI=1S/C20H30N2O2S/c1-3-5-14-22(15-6-4-2)16-13-21-25(23,24)20-12-11-18-9-7-8-10-19(18)17-20/h7-12,17,21H,3-6,13-16H2,1-2H3. The molecule has 0 saturated carbocycles. The molecule has 0 unspecified atom stereocenters. The molecule has 138 valence electrons. The van der Waals surface area contributed by atoms with Gasteiger partial charge >= 0.3 is 0 Å². The third-order valence-corrected chi connectivity index (χ3v) is 5.87. The minimum atomic E-state index is -3.47. The van der Waals surface area contributed by atoms with Crippen molar-refractivity contribution in [1.29, 1.82) is 0 Å². The second-order valence-electron chi connectivity index (χ2n) is 6.46. The number of fused-ring (bicyclic) bond motifs is 1. The number of unbranched alkanes of at least 4 members (excludes halogenated alkanes) is 2. The molecule has 4 nitrogen and oxygen atoms in total. The van der Waals surface area contributed by atoms with Gasteiger partial charge in [0.05, 0.1) is 4.90 Å². The predicted octanol–water partition coefficient (Wildman–Crippen LogP) is 4.02. The molecule has 0 aromatic heterocycles. The molecule has 0 aliphatic carbocycles. The van der Waals surface area contributed by atoms with E-state index in [1.807, 2.05) is 30.3 Å². The van der Waals surface area contributed by atoms with E-state index in [0.717, 1.165) is 56.1 Å². The summed E-state index contributed by atoms with van der Waals surface area (Å²) in [5.41, 5.74) is 0. The highest BCUT2D eigenvalue weighted by Crippen LogP contribution is 2.18. The maximum Gasteiger partial charge on any atom is 0.240 e. The van der Waals surface area contributed by atoms with Crippen molar-refractivity contribution >= 4 is 20.8 Å². The Morgan fingerprint density at radius 1 is 0.880 bits per heavy atom. The lowest BCUT2D eigenvalue weighted by Crippen LogP contribution is -2.36. The molecule has 0 heterocycles. The molecule has 1 N–H and O–H groups in total. The van der Waals surface area contributed by atoms with Crippen molar-refractivity contribution < 1.29 is 8.42 Å². The summed E-state index contributed by atoms with van der Waals surface area (Å²) in [6.45, 7) is 7.64. The monoisotopic (exact) mass is 362 g/mol. The van der Waals surface area contributed by atoms with Crippen LogP contribution < -0.4 is 4.72 Å². The van der Waals surface area contributed by atoms with E-state index in [-0.39, 0.29) is 0 Å². The molecule has 0 spiro atoms. The van der Waals surface area contributed by atoms with Gasteiger partial charge in [-0.1, -0.05) is 57.0 Å². The first-order valence-electron chi connectivity index (χ1n) is 9.27. The Morgan fingerprint density at radius 3 is 2.16 bits per heavy atom. The maximum absolute atomic E-state index is 12.6. The van der Waals surface area contributed by atoms with Gasteiger partial charge in [0.1, 0.15) is 0 Å². The Morgan fingerprint density at radius 2 is 1.52 bits per heavy atom. The van der Waals surface area contributed by atoms with E-state index >= 15 is 0 Å². The van der Waals surface area contributed by atoms with Crippen molar-refractivity contribution in [3.05, 3.63) is 42.5 Å². The van der Waals surface area contributed by atoms with Crippen molar-refractivity contribution in [2.75, 3.05) is 26.2 Å². The van der Waals surface area contributed by atoms with E-state index in [9.17, 15) is 8.42 Å². The first kappa shape index (κ1) is 19.9. The van der Waals surface area contributed by atoms with Crippen LogP contribution in [0.4, 0.5) is 0 Å². The van der Waals surface area contributed by atoms with E-state index in [1.165, 1.54) is 0 Å². The largest absolute Gasteiger partial charge is 0.302 e. The molecule has 2 aromatic carbocycles. The SMILES string of the molecule is CCCCN(CCCC)CCNS(=O)(=O)c1ccc2ccccc2c1. The molecular weight excluding hydrogens is 332 g/mol. The molecule has 0 radical (unpaired) electrons. The van der Waals surface area contributed by atoms with Gasteiger partial charge in [-0.05, 0) is 48.8 Å². The van der Waals surface area contributed by atoms with Crippen molar-refractivity contribution in [3.63, 3.8) is 0 Å². The Kier molecular flexibility index (Phi) is 7.88. The lowest BCUT2D eigenvalue weighted by molar-refractivity contribution is 0.269. The third kappa shape index (κ3) is 6.10. The quantitative estimate of drug-likeness (QED) is 0.657. The minimum Gasteiger partial charge on any atom is -0.302 e. The lowest BCUT2D eigenvalue weighted by Gasteiger charge is -2.22. The smallest absolute Gasteiger partial charge is 0.240 e. The van der Waals surface area contributed by atoms with Crippen LogP contribution in [-0.4, -0.2) is 39.5 Å². The van der Waals surface area contributed by atoms with Crippen LogP contribution in [0.5, 0.6) is 0 Å². The molecule has 2 rings (SSSR count). The number of sulfonamides is 1. The van der Waals surface area contributed by atoms with Gasteiger partial charge in [-0.25, -0.2) is 13.1 Å². The molecule has 0 amide bonds. The second kappa shape index (κ2) is 9.90. The zero-order chi connectivity index (χ0) is 18.1. The highest BCUT2D eigenvalue weighted by molar-refractivity contribution is 7.89. The van der Waals surface area contributed by atoms with E-state index in [0.29, 0.717) is 11.4 Å². The van der Waals surface area contributed by atoms with Gasteiger partial charge in [-0.2, -0.15) is 0 Å². The van der Waals surface area contributed by atoms with Crippen LogP contribution in [-0.2, 0) is 10.0 Å². The molecule has 2 aromatic rings. The van der Waals surface area contributed by atoms with Crippen LogP contribution in [0.15, 0.2) is 47.4 Å². The normalized spacial score (nSPS) is 12.1. The van der Waals surface area contributed by atoms with Gasteiger partial charge in [0.2, 0.25) is 10.0 Å². The van der Waals surface area contributed by atoms with Crippen LogP contribution in [0.3, 0.4) is 0 Å². The summed E-state index contributed by atoms with van der Waals surface area (Å²) in [6.07, 6.45) is 4.62. The van der Waals surface area contributed by atoms with Crippen molar-refractivity contribution in [1.82, 2.24) is 9.62 Å². The van der Waals surface area contributed by atoms with Crippen LogP contribution in [0.2, 0.25) is 0 Å². The molecule has 0 aliphatic heterocycles. The Balaban J connectivity index is 1.96. The molecule has 0 atom stereocenters. The van der Waals surface area contributed by atoms with Gasteiger partial charge in [-0.3, -0.25) is 0 Å². The van der Waals surface area contributed by atoms with Crippen LogP contribution in [0, 0.1) is 0 Å². The first-order chi connectivity index (χ1) is 12.1. The molecule has 0 saturated heterocycles. The van der Waals surface area contributed by atoms with Crippen molar-refractivity contribution in [2.24, 2.45) is 0 Å². The third-order valence-electron chi connectivity index (χ3n) is 4.41. The fourth-order valence-corrected chi connectivity index (χ4v) is 3.91. The molecule has 5 heteroatoms. The summed E-state index contributed by atoms with van der Waals surface area (Å²) >= 11 is 0. The first-order valence-corrected chi connectivity index (χ1v) is 10.8. The number of hydrogen-bond donors (Lipinski definition) is 1. The van der Waals surface area contributed by atoms with Gasteiger partial charge in [0.15, 0.2) is 0 Å². The summed E-state index contributed by atoms with van der Waals surface area (Å²) in [5, 5.41) is 1.99. The Hall–Kier alpha value is -1.43. The summed E-state index contributed by atoms with van der Waals surface area (Å²) in [6, 6.07) is 13.1.